The number of benzene rings is 2. The first kappa shape index (κ1) is 38.6. The molecule has 0 bridgehead atoms. The fraction of sp³-hybridized carbons (Fsp3) is 0.533. The highest BCUT2D eigenvalue weighted by molar-refractivity contribution is 7.85. The number of hydrogen-bond donors (Lipinski definition) is 5. The molecule has 0 atom stereocenters. The molecular formula is C30H45ClN4O8S2. The number of phenols is 1. The van der Waals surface area contributed by atoms with E-state index in [0.29, 0.717) is 56.4 Å². The van der Waals surface area contributed by atoms with Gasteiger partial charge in [0.1, 0.15) is 11.3 Å². The molecule has 0 saturated carbocycles. The summed E-state index contributed by atoms with van der Waals surface area (Å²) in [5.74, 6) is -0.391. The largest absolute Gasteiger partial charge is 0.506 e. The van der Waals surface area contributed by atoms with Crippen molar-refractivity contribution < 1.29 is 32.7 Å². The molecule has 252 valence electrons. The Balaban J connectivity index is 0.000000900. The van der Waals surface area contributed by atoms with E-state index in [1.165, 1.54) is 0 Å². The van der Waals surface area contributed by atoms with Crippen LogP contribution >= 0.6 is 22.9 Å². The Kier molecular flexibility index (Phi) is 17.6. The lowest BCUT2D eigenvalue weighted by atomic mass is 10.1. The second-order valence-electron chi connectivity index (χ2n) is 10.1. The smallest absolute Gasteiger partial charge is 0.305 e. The van der Waals surface area contributed by atoms with Gasteiger partial charge in [-0.25, -0.2) is 0 Å². The van der Waals surface area contributed by atoms with Crippen molar-refractivity contribution in [3.63, 3.8) is 0 Å². The molecule has 12 nitrogen and oxygen atoms in total. The van der Waals surface area contributed by atoms with Gasteiger partial charge < -0.3 is 35.1 Å². The minimum atomic E-state index is -3.92. The molecule has 0 saturated heterocycles. The number of aromatic amines is 1. The molecule has 2 aromatic carbocycles. The van der Waals surface area contributed by atoms with Gasteiger partial charge in [0.15, 0.2) is 0 Å². The topological polar surface area (TPSA) is 172 Å². The Morgan fingerprint density at radius 1 is 1.07 bits per heavy atom. The van der Waals surface area contributed by atoms with Gasteiger partial charge in [-0.05, 0) is 61.8 Å². The average Bonchev–Trinajstić information content (AvgIpc) is 3.39. The van der Waals surface area contributed by atoms with E-state index in [1.807, 2.05) is 35.2 Å². The van der Waals surface area contributed by atoms with Crippen LogP contribution < -0.4 is 10.2 Å². The molecule has 1 aromatic heterocycles. The molecule has 0 aliphatic rings. The van der Waals surface area contributed by atoms with E-state index in [2.05, 4.69) is 29.0 Å². The van der Waals surface area contributed by atoms with E-state index in [4.69, 9.17) is 26.0 Å². The van der Waals surface area contributed by atoms with Gasteiger partial charge in [0.05, 0.1) is 36.7 Å². The number of halogens is 1. The highest BCUT2D eigenvalue weighted by Gasteiger charge is 2.15. The zero-order valence-electron chi connectivity index (χ0n) is 25.8. The number of ether oxygens (including phenoxy) is 1. The van der Waals surface area contributed by atoms with Crippen molar-refractivity contribution >= 4 is 49.2 Å². The SMILES string of the molecule is CCN(CC)CCN(CCNCCc1ccc(O)c2[nH]c(=O)sc12)C(=O)CCOCCc1cccc(Cl)c1.O=S(=O)(O)CCO. The molecule has 45 heavy (non-hydrogen) atoms. The Bertz CT molecular complexity index is 1480. The van der Waals surface area contributed by atoms with Gasteiger partial charge in [-0.3, -0.25) is 14.1 Å². The number of phenolic OH excluding ortho intramolecular Hbond substituents is 1. The maximum Gasteiger partial charge on any atom is 0.305 e. The molecule has 0 spiro atoms. The Morgan fingerprint density at radius 3 is 2.47 bits per heavy atom. The molecule has 0 aliphatic heterocycles. The van der Waals surface area contributed by atoms with Crippen molar-refractivity contribution in [3.8, 4) is 5.75 Å². The van der Waals surface area contributed by atoms with Crippen molar-refractivity contribution in [2.45, 2.75) is 33.1 Å². The standard InChI is InChI=1S/C28H39ClN4O4S.C2H6O4S/c1-3-32(4-2)16-17-33(25(35)12-19-37-18-11-21-6-5-7-23(29)20-21)15-14-30-13-10-22-8-9-24(34)26-27(22)38-28(36)31-26;3-1-2-7(4,5)6/h5-9,20,30,34H,3-4,10-19H2,1-2H3,(H,31,36);3H,1-2H2,(H,4,5,6). The summed E-state index contributed by atoms with van der Waals surface area (Å²) < 4.78 is 33.6. The molecule has 5 N–H and O–H groups in total. The van der Waals surface area contributed by atoms with E-state index < -0.39 is 22.5 Å². The summed E-state index contributed by atoms with van der Waals surface area (Å²) in [6.45, 7) is 10.1. The Labute approximate surface area is 273 Å². The van der Waals surface area contributed by atoms with Gasteiger partial charge in [0, 0.05) is 31.2 Å². The predicted octanol–water partition coefficient (Wildman–Crippen LogP) is 2.77. The number of thiazole rings is 1. The minimum absolute atomic E-state index is 0.0888. The maximum absolute atomic E-state index is 13.0. The zero-order chi connectivity index (χ0) is 33.2. The average molecular weight is 689 g/mol. The lowest BCUT2D eigenvalue weighted by Gasteiger charge is -2.27. The highest BCUT2D eigenvalue weighted by Crippen LogP contribution is 2.27. The number of nitrogens with one attached hydrogen (secondary N) is 2. The van der Waals surface area contributed by atoms with Crippen molar-refractivity contribution in [2.75, 3.05) is 71.4 Å². The van der Waals surface area contributed by atoms with E-state index in [1.54, 1.807) is 6.07 Å². The fourth-order valence-corrected chi connectivity index (χ4v) is 5.75. The number of aliphatic hydroxyl groups is 1. The zero-order valence-corrected chi connectivity index (χ0v) is 28.2. The number of rotatable bonds is 19. The Morgan fingerprint density at radius 2 is 1.82 bits per heavy atom. The van der Waals surface area contributed by atoms with E-state index in [-0.39, 0.29) is 16.5 Å². The quantitative estimate of drug-likeness (QED) is 0.0932. The minimum Gasteiger partial charge on any atom is -0.506 e. The van der Waals surface area contributed by atoms with Gasteiger partial charge in [-0.15, -0.1) is 0 Å². The third-order valence-electron chi connectivity index (χ3n) is 6.94. The summed E-state index contributed by atoms with van der Waals surface area (Å²) >= 11 is 7.15. The molecule has 0 radical (unpaired) electrons. The van der Waals surface area contributed by atoms with Crippen LogP contribution in [0.1, 0.15) is 31.4 Å². The van der Waals surface area contributed by atoms with Gasteiger partial charge >= 0.3 is 4.87 Å². The van der Waals surface area contributed by atoms with Gasteiger partial charge in [0.25, 0.3) is 10.1 Å². The van der Waals surface area contributed by atoms with E-state index in [0.717, 1.165) is 59.6 Å². The molecular weight excluding hydrogens is 644 g/mol. The summed E-state index contributed by atoms with van der Waals surface area (Å²) in [5, 5.41) is 22.0. The molecule has 3 aromatic rings. The molecule has 0 unspecified atom stereocenters. The first-order valence-corrected chi connectivity index (χ1v) is 17.7. The van der Waals surface area contributed by atoms with E-state index >= 15 is 0 Å². The van der Waals surface area contributed by atoms with Crippen LogP contribution in [-0.2, 0) is 32.5 Å². The summed E-state index contributed by atoms with van der Waals surface area (Å²) in [4.78, 5) is 31.5. The number of nitrogens with zero attached hydrogens (tertiary/aromatic N) is 2. The number of aromatic hydroxyl groups is 1. The number of carbonyl (C=O) groups excluding carboxylic acids is 1. The van der Waals surface area contributed by atoms with Crippen LogP contribution in [0.2, 0.25) is 5.02 Å². The van der Waals surface area contributed by atoms with Crippen LogP contribution in [0.15, 0.2) is 41.2 Å². The normalized spacial score (nSPS) is 11.5. The maximum atomic E-state index is 13.0. The highest BCUT2D eigenvalue weighted by atomic mass is 35.5. The van der Waals surface area contributed by atoms with Crippen molar-refractivity contribution in [2.24, 2.45) is 0 Å². The first-order valence-electron chi connectivity index (χ1n) is 14.9. The number of aliphatic hydroxyl groups excluding tert-OH is 1. The first-order chi connectivity index (χ1) is 21.5. The van der Waals surface area contributed by atoms with Crippen molar-refractivity contribution in [1.82, 2.24) is 20.1 Å². The number of likely N-dealkylation sites (N-methyl/N-ethyl adjacent to an activating group) is 1. The molecule has 1 amide bonds. The monoisotopic (exact) mass is 688 g/mol. The summed E-state index contributed by atoms with van der Waals surface area (Å²) in [7, 11) is -3.92. The number of carbonyl (C=O) groups is 1. The van der Waals surface area contributed by atoms with E-state index in [9.17, 15) is 23.1 Å². The van der Waals surface area contributed by atoms with Crippen LogP contribution in [0, 0.1) is 0 Å². The van der Waals surface area contributed by atoms with Crippen LogP contribution in [0.25, 0.3) is 10.2 Å². The Hall–Kier alpha value is -2.56. The second kappa shape index (κ2) is 20.5. The van der Waals surface area contributed by atoms with Crippen LogP contribution in [0.4, 0.5) is 0 Å². The number of H-pyrrole nitrogens is 1. The molecule has 3 rings (SSSR count). The van der Waals surface area contributed by atoms with Gasteiger partial charge in [0.2, 0.25) is 5.91 Å². The third-order valence-corrected chi connectivity index (χ3v) is 8.83. The third kappa shape index (κ3) is 15.1. The van der Waals surface area contributed by atoms with Crippen molar-refractivity contribution in [1.29, 1.82) is 0 Å². The van der Waals surface area contributed by atoms with Crippen molar-refractivity contribution in [3.05, 3.63) is 62.2 Å². The lowest BCUT2D eigenvalue weighted by molar-refractivity contribution is -0.132. The summed E-state index contributed by atoms with van der Waals surface area (Å²) in [5.41, 5.74) is 2.63. The van der Waals surface area contributed by atoms with Crippen LogP contribution in [-0.4, -0.2) is 115 Å². The van der Waals surface area contributed by atoms with Crippen LogP contribution in [0.3, 0.4) is 0 Å². The number of hydrogen-bond acceptors (Lipinski definition) is 10. The lowest BCUT2D eigenvalue weighted by Crippen LogP contribution is -2.42. The molecule has 1 heterocycles. The second-order valence-corrected chi connectivity index (χ2v) is 13.1. The molecule has 0 fully saturated rings. The fourth-order valence-electron chi connectivity index (χ4n) is 4.41. The summed E-state index contributed by atoms with van der Waals surface area (Å²) in [6.07, 6.45) is 1.83. The number of fused-ring (bicyclic) bond motifs is 1. The summed E-state index contributed by atoms with van der Waals surface area (Å²) in [6, 6.07) is 11.2. The van der Waals surface area contributed by atoms with Gasteiger partial charge in [-0.2, -0.15) is 8.42 Å². The van der Waals surface area contributed by atoms with Gasteiger partial charge in [-0.1, -0.05) is 55.0 Å². The predicted molar refractivity (Wildman–Crippen MR) is 179 cm³/mol. The number of aromatic nitrogens is 1. The number of amides is 1. The van der Waals surface area contributed by atoms with Crippen LogP contribution in [0.5, 0.6) is 5.75 Å². The molecule has 0 aliphatic carbocycles. The molecule has 15 heteroatoms.